The number of piperazine rings is 1. The Morgan fingerprint density at radius 1 is 1.21 bits per heavy atom. The van der Waals surface area contributed by atoms with Crippen LogP contribution in [-0.4, -0.2) is 75.3 Å². The molecule has 3 N–H and O–H groups in total. The number of nitrogens with zero attached hydrogens (tertiary/aromatic N) is 5. The minimum atomic E-state index is -0.442. The maximum Gasteiger partial charge on any atom is 0.248 e. The third-order valence-corrected chi connectivity index (χ3v) is 7.31. The molecule has 0 atom stereocenters. The number of fused-ring (bicyclic) bond motifs is 2. The Bertz CT molecular complexity index is 1340. The molecule has 1 fully saturated rings. The van der Waals surface area contributed by atoms with Crippen molar-refractivity contribution in [2.75, 3.05) is 45.6 Å². The lowest BCUT2D eigenvalue weighted by Gasteiger charge is -2.34. The highest BCUT2D eigenvalue weighted by molar-refractivity contribution is 7.22. The van der Waals surface area contributed by atoms with Crippen LogP contribution in [0.15, 0.2) is 30.6 Å². The summed E-state index contributed by atoms with van der Waals surface area (Å²) in [7, 11) is 1.69. The molecule has 5 rings (SSSR count). The van der Waals surface area contributed by atoms with Gasteiger partial charge in [0.15, 0.2) is 5.82 Å². The lowest BCUT2D eigenvalue weighted by atomic mass is 10.1. The number of aromatic nitrogens is 3. The maximum absolute atomic E-state index is 11.8. The lowest BCUT2D eigenvalue weighted by Crippen LogP contribution is -2.49. The predicted molar refractivity (Wildman–Crippen MR) is 128 cm³/mol. The van der Waals surface area contributed by atoms with Gasteiger partial charge in [0.25, 0.3) is 0 Å². The molecule has 1 aliphatic rings. The molecule has 0 unspecified atom stereocenters. The van der Waals surface area contributed by atoms with Crippen LogP contribution in [0.4, 0.5) is 5.82 Å². The van der Waals surface area contributed by atoms with E-state index in [1.165, 1.54) is 6.33 Å². The molecule has 1 aliphatic heterocycles. The van der Waals surface area contributed by atoms with Crippen LogP contribution in [0.1, 0.15) is 11.3 Å². The number of anilines is 1. The normalized spacial score (nSPS) is 14.9. The van der Waals surface area contributed by atoms with Gasteiger partial charge < -0.3 is 20.5 Å². The van der Waals surface area contributed by atoms with E-state index in [-0.39, 0.29) is 5.91 Å². The summed E-state index contributed by atoms with van der Waals surface area (Å²) in [5.41, 5.74) is 10.3. The summed E-state index contributed by atoms with van der Waals surface area (Å²) in [5, 5.41) is 14.7. The maximum atomic E-state index is 11.8. The molecule has 172 valence electrons. The van der Waals surface area contributed by atoms with Crippen LogP contribution < -0.4 is 10.5 Å². The van der Waals surface area contributed by atoms with E-state index in [1.807, 2.05) is 10.6 Å². The number of nitrogens with two attached hydrogens (primary N) is 1. The van der Waals surface area contributed by atoms with E-state index in [1.54, 1.807) is 23.3 Å². The van der Waals surface area contributed by atoms with Gasteiger partial charge in [-0.3, -0.25) is 9.69 Å². The van der Waals surface area contributed by atoms with Crippen molar-refractivity contribution in [2.24, 2.45) is 0 Å². The van der Waals surface area contributed by atoms with Gasteiger partial charge in [-0.2, -0.15) is 5.10 Å². The van der Waals surface area contributed by atoms with Crippen LogP contribution in [0.3, 0.4) is 0 Å². The molecular weight excluding hydrogens is 440 g/mol. The van der Waals surface area contributed by atoms with Gasteiger partial charge in [-0.15, -0.1) is 11.3 Å². The minimum absolute atomic E-state index is 0.221. The van der Waals surface area contributed by atoms with E-state index in [0.717, 1.165) is 56.1 Å². The van der Waals surface area contributed by atoms with Gasteiger partial charge in [0.1, 0.15) is 24.2 Å². The standard InChI is InChI=1S/C23H26N6O3S/c1-14-7-15-9-19(33-22(15)18(8-14)32-2)17-10-16(29-21(17)23(24)25-13-26-29)11-27-3-5-28(6-4-27)20(31)12-30/h7-10,13,30H,3-6,11-12H2,1-2H3,(H2,24,25,26). The monoisotopic (exact) mass is 466 g/mol. The molecule has 1 aromatic carbocycles. The highest BCUT2D eigenvalue weighted by Crippen LogP contribution is 2.42. The van der Waals surface area contributed by atoms with E-state index in [0.29, 0.717) is 25.5 Å². The van der Waals surface area contributed by atoms with Gasteiger partial charge in [0, 0.05) is 43.2 Å². The Labute approximate surface area is 195 Å². The summed E-state index contributed by atoms with van der Waals surface area (Å²) >= 11 is 1.67. The second-order valence-electron chi connectivity index (χ2n) is 8.27. The van der Waals surface area contributed by atoms with Gasteiger partial charge in [-0.25, -0.2) is 9.50 Å². The van der Waals surface area contributed by atoms with E-state index in [2.05, 4.69) is 40.1 Å². The molecule has 1 saturated heterocycles. The molecule has 4 heterocycles. The second-order valence-corrected chi connectivity index (χ2v) is 9.32. The first-order chi connectivity index (χ1) is 16.0. The lowest BCUT2D eigenvalue weighted by molar-refractivity contribution is -0.136. The number of carbonyl (C=O) groups excluding carboxylic acids is 1. The summed E-state index contributed by atoms with van der Waals surface area (Å²) in [6.45, 7) is 4.95. The van der Waals surface area contributed by atoms with E-state index in [9.17, 15) is 4.79 Å². The average Bonchev–Trinajstić information content (AvgIpc) is 3.41. The SMILES string of the molecule is COc1cc(C)cc2cc(-c3cc(CN4CCN(C(=O)CO)CC4)n4ncnc(N)c34)sc12. The largest absolute Gasteiger partial charge is 0.495 e. The smallest absolute Gasteiger partial charge is 0.248 e. The molecule has 3 aromatic heterocycles. The number of amides is 1. The number of aliphatic hydroxyl groups is 1. The van der Waals surface area contributed by atoms with Crippen LogP contribution in [0.2, 0.25) is 0 Å². The number of aryl methyl sites for hydroxylation is 1. The van der Waals surface area contributed by atoms with Crippen molar-refractivity contribution in [3.63, 3.8) is 0 Å². The number of rotatable bonds is 5. The van der Waals surface area contributed by atoms with Gasteiger partial charge in [0.2, 0.25) is 5.91 Å². The first kappa shape index (κ1) is 21.6. The number of ether oxygens (including phenoxy) is 1. The van der Waals surface area contributed by atoms with Crippen molar-refractivity contribution >= 4 is 38.7 Å². The number of carbonyl (C=O) groups is 1. The number of methoxy groups -OCH3 is 1. The topological polar surface area (TPSA) is 109 Å². The molecule has 0 aliphatic carbocycles. The van der Waals surface area contributed by atoms with Crippen LogP contribution in [0.5, 0.6) is 5.75 Å². The van der Waals surface area contributed by atoms with Crippen LogP contribution in [0.25, 0.3) is 26.0 Å². The summed E-state index contributed by atoms with van der Waals surface area (Å²) in [6, 6.07) is 8.50. The van der Waals surface area contributed by atoms with Crippen molar-refractivity contribution in [2.45, 2.75) is 13.5 Å². The number of thiophene rings is 1. The Hall–Kier alpha value is -3.21. The molecule has 33 heavy (non-hydrogen) atoms. The third kappa shape index (κ3) is 3.90. The second kappa shape index (κ2) is 8.62. The first-order valence-corrected chi connectivity index (χ1v) is 11.6. The van der Waals surface area contributed by atoms with Crippen molar-refractivity contribution < 1.29 is 14.6 Å². The highest BCUT2D eigenvalue weighted by Gasteiger charge is 2.23. The molecule has 4 aromatic rings. The van der Waals surface area contributed by atoms with Crippen molar-refractivity contribution in [1.82, 2.24) is 24.4 Å². The molecule has 0 spiro atoms. The molecular formula is C23H26N6O3S. The van der Waals surface area contributed by atoms with E-state index in [4.69, 9.17) is 15.6 Å². The fourth-order valence-electron chi connectivity index (χ4n) is 4.47. The van der Waals surface area contributed by atoms with Crippen LogP contribution >= 0.6 is 11.3 Å². The number of nitrogen functional groups attached to an aromatic ring is 1. The fraction of sp³-hybridized carbons (Fsp3) is 0.348. The Balaban J connectivity index is 1.51. The van der Waals surface area contributed by atoms with Crippen LogP contribution in [0, 0.1) is 6.92 Å². The molecule has 0 saturated carbocycles. The molecule has 1 amide bonds. The van der Waals surface area contributed by atoms with Crippen LogP contribution in [-0.2, 0) is 11.3 Å². The zero-order chi connectivity index (χ0) is 23.1. The predicted octanol–water partition coefficient (Wildman–Crippen LogP) is 2.15. The summed E-state index contributed by atoms with van der Waals surface area (Å²) in [5.74, 6) is 1.08. The van der Waals surface area contributed by atoms with E-state index < -0.39 is 6.61 Å². The molecule has 0 bridgehead atoms. The average molecular weight is 467 g/mol. The Morgan fingerprint density at radius 3 is 2.73 bits per heavy atom. The third-order valence-electron chi connectivity index (χ3n) is 6.11. The van der Waals surface area contributed by atoms with Gasteiger partial charge in [0.05, 0.1) is 17.5 Å². The van der Waals surface area contributed by atoms with E-state index >= 15 is 0 Å². The molecule has 0 radical (unpaired) electrons. The summed E-state index contributed by atoms with van der Waals surface area (Å²) in [4.78, 5) is 21.1. The first-order valence-electron chi connectivity index (χ1n) is 10.8. The number of hydrogen-bond donors (Lipinski definition) is 2. The number of hydrogen-bond acceptors (Lipinski definition) is 8. The van der Waals surface area contributed by atoms with Crippen molar-refractivity contribution in [3.05, 3.63) is 41.9 Å². The summed E-state index contributed by atoms with van der Waals surface area (Å²) in [6.07, 6.45) is 1.48. The quantitative estimate of drug-likeness (QED) is 0.464. The fourth-order valence-corrected chi connectivity index (χ4v) is 5.62. The van der Waals surface area contributed by atoms with Crippen molar-refractivity contribution in [1.29, 1.82) is 0 Å². The number of benzene rings is 1. The van der Waals surface area contributed by atoms with Crippen molar-refractivity contribution in [3.8, 4) is 16.2 Å². The zero-order valence-corrected chi connectivity index (χ0v) is 19.4. The van der Waals surface area contributed by atoms with Gasteiger partial charge >= 0.3 is 0 Å². The Morgan fingerprint density at radius 2 is 2.00 bits per heavy atom. The highest BCUT2D eigenvalue weighted by atomic mass is 32.1. The van der Waals surface area contributed by atoms with Gasteiger partial charge in [-0.1, -0.05) is 6.07 Å². The molecule has 10 heteroatoms. The van der Waals surface area contributed by atoms with Gasteiger partial charge in [-0.05, 0) is 36.1 Å². The zero-order valence-electron chi connectivity index (χ0n) is 18.6. The summed E-state index contributed by atoms with van der Waals surface area (Å²) < 4.78 is 8.58. The minimum Gasteiger partial charge on any atom is -0.495 e. The molecule has 9 nitrogen and oxygen atoms in total. The number of aliphatic hydroxyl groups excluding tert-OH is 1. The Kier molecular flexibility index (Phi) is 5.65.